The van der Waals surface area contributed by atoms with Crippen LogP contribution < -0.4 is 0 Å². The van der Waals surface area contributed by atoms with E-state index in [-0.39, 0.29) is 17.8 Å². The van der Waals surface area contributed by atoms with Gasteiger partial charge in [0.1, 0.15) is 11.5 Å². The standard InChI is InChI=1S/C27H24N2O3/c1-2-8-24-28-25(20-9-4-3-5-10-20)26(29-24)23(30)17-18-13-15-19(16-14-18)21-11-6-7-12-22(21)27(31)32/h3-7,9-16H,2,8,17H2,1H3,(H,28,29)(H,31,32). The van der Waals surface area contributed by atoms with Crippen molar-refractivity contribution in [3.63, 3.8) is 0 Å². The number of hydrogen-bond acceptors (Lipinski definition) is 3. The van der Waals surface area contributed by atoms with Gasteiger partial charge in [-0.25, -0.2) is 9.78 Å². The van der Waals surface area contributed by atoms with Crippen molar-refractivity contribution >= 4 is 11.8 Å². The number of aromatic carboxylic acids is 1. The van der Waals surface area contributed by atoms with Crippen molar-refractivity contribution in [2.75, 3.05) is 0 Å². The zero-order chi connectivity index (χ0) is 22.5. The van der Waals surface area contributed by atoms with Crippen LogP contribution in [0.5, 0.6) is 0 Å². The van der Waals surface area contributed by atoms with Crippen LogP contribution in [0, 0.1) is 0 Å². The summed E-state index contributed by atoms with van der Waals surface area (Å²) in [6.07, 6.45) is 1.95. The molecule has 3 aromatic carbocycles. The lowest BCUT2D eigenvalue weighted by Crippen LogP contribution is -2.06. The van der Waals surface area contributed by atoms with Crippen LogP contribution in [0.15, 0.2) is 78.9 Å². The lowest BCUT2D eigenvalue weighted by Gasteiger charge is -2.08. The fraction of sp³-hybridized carbons (Fsp3) is 0.148. The van der Waals surface area contributed by atoms with E-state index in [1.807, 2.05) is 60.7 Å². The largest absolute Gasteiger partial charge is 0.478 e. The number of ketones is 1. The smallest absolute Gasteiger partial charge is 0.336 e. The Balaban J connectivity index is 1.59. The van der Waals surface area contributed by atoms with Gasteiger partial charge in [-0.3, -0.25) is 4.79 Å². The maximum Gasteiger partial charge on any atom is 0.336 e. The van der Waals surface area contributed by atoms with Gasteiger partial charge >= 0.3 is 5.97 Å². The Labute approximate surface area is 186 Å². The molecule has 32 heavy (non-hydrogen) atoms. The second kappa shape index (κ2) is 9.43. The predicted octanol–water partition coefficient (Wildman–Crippen LogP) is 5.82. The molecule has 1 aromatic heterocycles. The topological polar surface area (TPSA) is 83.1 Å². The van der Waals surface area contributed by atoms with Gasteiger partial charge in [0.25, 0.3) is 0 Å². The molecular weight excluding hydrogens is 400 g/mol. The maximum absolute atomic E-state index is 13.2. The number of carboxylic acid groups (broad SMARTS) is 1. The van der Waals surface area contributed by atoms with Gasteiger partial charge in [-0.15, -0.1) is 0 Å². The van der Waals surface area contributed by atoms with Gasteiger partial charge in [-0.1, -0.05) is 79.7 Å². The Bertz CT molecular complexity index is 1240. The van der Waals surface area contributed by atoms with Gasteiger partial charge in [0, 0.05) is 18.4 Å². The van der Waals surface area contributed by atoms with Crippen LogP contribution in [0.3, 0.4) is 0 Å². The molecule has 0 amide bonds. The molecule has 4 rings (SSSR count). The molecule has 4 aromatic rings. The number of hydrogen-bond donors (Lipinski definition) is 2. The molecule has 0 fully saturated rings. The highest BCUT2D eigenvalue weighted by Gasteiger charge is 2.19. The van der Waals surface area contributed by atoms with Crippen molar-refractivity contribution in [2.45, 2.75) is 26.2 Å². The van der Waals surface area contributed by atoms with Crippen molar-refractivity contribution in [1.29, 1.82) is 0 Å². The molecule has 160 valence electrons. The van der Waals surface area contributed by atoms with Crippen LogP contribution in [0.4, 0.5) is 0 Å². The molecule has 0 atom stereocenters. The number of nitrogens with one attached hydrogen (secondary N) is 1. The van der Waals surface area contributed by atoms with E-state index in [9.17, 15) is 14.7 Å². The number of carboxylic acids is 1. The summed E-state index contributed by atoms with van der Waals surface area (Å²) in [7, 11) is 0. The third-order valence-corrected chi connectivity index (χ3v) is 5.35. The van der Waals surface area contributed by atoms with Crippen molar-refractivity contribution in [2.24, 2.45) is 0 Å². The molecule has 0 unspecified atom stereocenters. The lowest BCUT2D eigenvalue weighted by molar-refractivity contribution is 0.0697. The summed E-state index contributed by atoms with van der Waals surface area (Å²) < 4.78 is 0. The van der Waals surface area contributed by atoms with Crippen molar-refractivity contribution in [3.05, 3.63) is 102 Å². The minimum absolute atomic E-state index is 0.0302. The van der Waals surface area contributed by atoms with E-state index in [4.69, 9.17) is 0 Å². The second-order valence-corrected chi connectivity index (χ2v) is 7.67. The lowest BCUT2D eigenvalue weighted by atomic mass is 9.97. The van der Waals surface area contributed by atoms with Crippen LogP contribution in [-0.4, -0.2) is 26.8 Å². The Kier molecular flexibility index (Phi) is 6.26. The number of Topliss-reactive ketones (excluding diaryl/α,β-unsaturated/α-hetero) is 1. The molecule has 0 saturated carbocycles. The molecule has 1 heterocycles. The van der Waals surface area contributed by atoms with Gasteiger partial charge in [0.2, 0.25) is 0 Å². The minimum atomic E-state index is -0.963. The number of nitrogens with zero attached hydrogens (tertiary/aromatic N) is 1. The van der Waals surface area contributed by atoms with E-state index in [1.54, 1.807) is 18.2 Å². The van der Waals surface area contributed by atoms with Crippen molar-refractivity contribution in [1.82, 2.24) is 9.97 Å². The molecule has 0 aliphatic heterocycles. The SMILES string of the molecule is CCCc1nc(-c2ccccc2)c(C(=O)Cc2ccc(-c3ccccc3C(=O)O)cc2)[nH]1. The van der Waals surface area contributed by atoms with Crippen LogP contribution in [-0.2, 0) is 12.8 Å². The molecule has 0 aliphatic rings. The first-order valence-electron chi connectivity index (χ1n) is 10.7. The minimum Gasteiger partial charge on any atom is -0.478 e. The zero-order valence-electron chi connectivity index (χ0n) is 17.8. The summed E-state index contributed by atoms with van der Waals surface area (Å²) >= 11 is 0. The van der Waals surface area contributed by atoms with E-state index in [0.29, 0.717) is 17.0 Å². The highest BCUT2D eigenvalue weighted by atomic mass is 16.4. The Morgan fingerprint density at radius 3 is 2.25 bits per heavy atom. The Morgan fingerprint density at radius 2 is 1.56 bits per heavy atom. The van der Waals surface area contributed by atoms with Crippen molar-refractivity contribution < 1.29 is 14.7 Å². The van der Waals surface area contributed by atoms with Gasteiger partial charge in [0.15, 0.2) is 5.78 Å². The van der Waals surface area contributed by atoms with Crippen LogP contribution in [0.2, 0.25) is 0 Å². The van der Waals surface area contributed by atoms with Gasteiger partial charge < -0.3 is 10.1 Å². The molecule has 0 radical (unpaired) electrons. The zero-order valence-corrected chi connectivity index (χ0v) is 17.8. The first kappa shape index (κ1) is 21.2. The molecule has 5 heteroatoms. The summed E-state index contributed by atoms with van der Waals surface area (Å²) in [5.74, 6) is -0.178. The summed E-state index contributed by atoms with van der Waals surface area (Å²) in [4.78, 5) is 32.6. The third kappa shape index (κ3) is 4.52. The number of aryl methyl sites for hydroxylation is 1. The maximum atomic E-state index is 13.2. The summed E-state index contributed by atoms with van der Waals surface area (Å²) in [6.45, 7) is 2.08. The molecule has 5 nitrogen and oxygen atoms in total. The second-order valence-electron chi connectivity index (χ2n) is 7.67. The van der Waals surface area contributed by atoms with Crippen LogP contribution in [0.25, 0.3) is 22.4 Å². The summed E-state index contributed by atoms with van der Waals surface area (Å²) in [6, 6.07) is 24.1. The molecule has 0 spiro atoms. The Hall–Kier alpha value is -3.99. The first-order valence-corrected chi connectivity index (χ1v) is 10.7. The third-order valence-electron chi connectivity index (χ3n) is 5.35. The van der Waals surface area contributed by atoms with E-state index < -0.39 is 5.97 Å². The number of carbonyl (C=O) groups excluding carboxylic acids is 1. The van der Waals surface area contributed by atoms with E-state index >= 15 is 0 Å². The highest BCUT2D eigenvalue weighted by molar-refractivity contribution is 6.01. The average molecular weight is 425 g/mol. The van der Waals surface area contributed by atoms with Gasteiger partial charge in [-0.05, 0) is 29.2 Å². The number of aromatic nitrogens is 2. The van der Waals surface area contributed by atoms with Crippen LogP contribution >= 0.6 is 0 Å². The van der Waals surface area contributed by atoms with Gasteiger partial charge in [0.05, 0.1) is 11.3 Å². The molecular formula is C27H24N2O3. The normalized spacial score (nSPS) is 10.8. The average Bonchev–Trinajstić information content (AvgIpc) is 3.24. The molecule has 0 aliphatic carbocycles. The number of aromatic amines is 1. The number of H-pyrrole nitrogens is 1. The van der Waals surface area contributed by atoms with Crippen molar-refractivity contribution in [3.8, 4) is 22.4 Å². The fourth-order valence-electron chi connectivity index (χ4n) is 3.78. The first-order chi connectivity index (χ1) is 15.6. The van der Waals surface area contributed by atoms with E-state index in [1.165, 1.54) is 0 Å². The number of imidazole rings is 1. The molecule has 0 bridgehead atoms. The predicted molar refractivity (Wildman–Crippen MR) is 125 cm³/mol. The van der Waals surface area contributed by atoms with E-state index in [0.717, 1.165) is 35.4 Å². The van der Waals surface area contributed by atoms with Gasteiger partial charge in [-0.2, -0.15) is 0 Å². The highest BCUT2D eigenvalue weighted by Crippen LogP contribution is 2.26. The Morgan fingerprint density at radius 1 is 0.875 bits per heavy atom. The molecule has 0 saturated heterocycles. The summed E-state index contributed by atoms with van der Waals surface area (Å²) in [5.41, 5.74) is 4.70. The molecule has 2 N–H and O–H groups in total. The number of carbonyl (C=O) groups is 2. The van der Waals surface area contributed by atoms with Crippen LogP contribution in [0.1, 0.15) is 45.6 Å². The fourth-order valence-corrected chi connectivity index (χ4v) is 3.78. The van der Waals surface area contributed by atoms with E-state index in [2.05, 4.69) is 16.9 Å². The number of rotatable bonds is 8. The monoisotopic (exact) mass is 424 g/mol. The quantitative estimate of drug-likeness (QED) is 0.349. The summed E-state index contributed by atoms with van der Waals surface area (Å²) in [5, 5.41) is 9.43. The number of benzene rings is 3.